The molecular weight excluding hydrogens is 278 g/mol. The van der Waals surface area contributed by atoms with E-state index < -0.39 is 11.9 Å². The molecule has 2 atom stereocenters. The smallest absolute Gasteiger partial charge is 0.308 e. The van der Waals surface area contributed by atoms with E-state index in [4.69, 9.17) is 5.11 Å². The zero-order chi connectivity index (χ0) is 15.7. The van der Waals surface area contributed by atoms with Crippen molar-refractivity contribution in [2.75, 3.05) is 6.54 Å². The molecule has 1 N–H and O–H groups in total. The third-order valence-corrected chi connectivity index (χ3v) is 4.88. The standard InChI is InChI=1S/C18H23NO3/c1-12(18(21)22)11-19(15-8-9-15)17(20)10-14-7-6-13-4-2-3-5-16(13)14/h2-5,12,14-15H,6-11H2,1H3,(H,21,22)/t12-,14+/m0/s1. The van der Waals surface area contributed by atoms with Crippen LogP contribution in [-0.2, 0) is 16.0 Å². The topological polar surface area (TPSA) is 57.6 Å². The predicted octanol–water partition coefficient (Wildman–Crippen LogP) is 2.82. The first-order valence-corrected chi connectivity index (χ1v) is 8.16. The molecule has 1 aromatic rings. The molecule has 2 aliphatic carbocycles. The van der Waals surface area contributed by atoms with E-state index >= 15 is 0 Å². The maximum absolute atomic E-state index is 12.7. The van der Waals surface area contributed by atoms with Gasteiger partial charge in [0.25, 0.3) is 0 Å². The largest absolute Gasteiger partial charge is 0.481 e. The van der Waals surface area contributed by atoms with Gasteiger partial charge in [0, 0.05) is 19.0 Å². The van der Waals surface area contributed by atoms with Crippen molar-refractivity contribution in [3.63, 3.8) is 0 Å². The molecule has 0 heterocycles. The molecule has 2 aliphatic rings. The number of fused-ring (bicyclic) bond motifs is 1. The summed E-state index contributed by atoms with van der Waals surface area (Å²) in [6.07, 6.45) is 4.61. The second-order valence-corrected chi connectivity index (χ2v) is 6.66. The third-order valence-electron chi connectivity index (χ3n) is 4.88. The molecule has 0 saturated heterocycles. The zero-order valence-corrected chi connectivity index (χ0v) is 13.0. The van der Waals surface area contributed by atoms with E-state index in [2.05, 4.69) is 12.1 Å². The second kappa shape index (κ2) is 6.11. The molecular formula is C18H23NO3. The highest BCUT2D eigenvalue weighted by Gasteiger charge is 2.36. The number of hydrogen-bond donors (Lipinski definition) is 1. The highest BCUT2D eigenvalue weighted by molar-refractivity contribution is 5.79. The molecule has 0 bridgehead atoms. The van der Waals surface area contributed by atoms with E-state index in [1.165, 1.54) is 11.1 Å². The summed E-state index contributed by atoms with van der Waals surface area (Å²) in [5.41, 5.74) is 2.66. The number of carboxylic acid groups (broad SMARTS) is 1. The van der Waals surface area contributed by atoms with Gasteiger partial charge in [-0.2, -0.15) is 0 Å². The van der Waals surface area contributed by atoms with Crippen LogP contribution in [0.1, 0.15) is 49.7 Å². The van der Waals surface area contributed by atoms with Gasteiger partial charge in [0.05, 0.1) is 5.92 Å². The fourth-order valence-electron chi connectivity index (χ4n) is 3.40. The summed E-state index contributed by atoms with van der Waals surface area (Å²) >= 11 is 0. The van der Waals surface area contributed by atoms with Gasteiger partial charge in [-0.1, -0.05) is 31.2 Å². The molecule has 118 valence electrons. The first kappa shape index (κ1) is 15.1. The first-order chi connectivity index (χ1) is 10.6. The Morgan fingerprint density at radius 1 is 1.27 bits per heavy atom. The maximum atomic E-state index is 12.7. The minimum absolute atomic E-state index is 0.123. The van der Waals surface area contributed by atoms with E-state index in [9.17, 15) is 9.59 Å². The summed E-state index contributed by atoms with van der Waals surface area (Å²) in [4.78, 5) is 25.6. The molecule has 0 radical (unpaired) electrons. The lowest BCUT2D eigenvalue weighted by Gasteiger charge is -2.26. The van der Waals surface area contributed by atoms with Gasteiger partial charge in [0.15, 0.2) is 0 Å². The zero-order valence-electron chi connectivity index (χ0n) is 13.0. The van der Waals surface area contributed by atoms with Crippen LogP contribution >= 0.6 is 0 Å². The van der Waals surface area contributed by atoms with Crippen molar-refractivity contribution in [3.8, 4) is 0 Å². The van der Waals surface area contributed by atoms with Gasteiger partial charge in [0.2, 0.25) is 5.91 Å². The van der Waals surface area contributed by atoms with Crippen molar-refractivity contribution < 1.29 is 14.7 Å². The summed E-state index contributed by atoms with van der Waals surface area (Å²) < 4.78 is 0. The van der Waals surface area contributed by atoms with E-state index in [0.29, 0.717) is 18.9 Å². The van der Waals surface area contributed by atoms with Gasteiger partial charge in [-0.15, -0.1) is 0 Å². The SMILES string of the molecule is C[C@@H](CN(C(=O)C[C@H]1CCc2ccccc21)C1CC1)C(=O)O. The normalized spacial score (nSPS) is 21.2. The van der Waals surface area contributed by atoms with Gasteiger partial charge < -0.3 is 10.0 Å². The van der Waals surface area contributed by atoms with Crippen molar-refractivity contribution in [2.24, 2.45) is 5.92 Å². The van der Waals surface area contributed by atoms with Crippen LogP contribution in [-0.4, -0.2) is 34.5 Å². The van der Waals surface area contributed by atoms with Gasteiger partial charge in [0.1, 0.15) is 0 Å². The average Bonchev–Trinajstić information content (AvgIpc) is 3.26. The highest BCUT2D eigenvalue weighted by Crippen LogP contribution is 2.37. The van der Waals surface area contributed by atoms with Crippen LogP contribution in [0.2, 0.25) is 0 Å². The number of carbonyl (C=O) groups excluding carboxylic acids is 1. The van der Waals surface area contributed by atoms with Crippen LogP contribution in [0.4, 0.5) is 0 Å². The van der Waals surface area contributed by atoms with Crippen molar-refractivity contribution in [3.05, 3.63) is 35.4 Å². The Hall–Kier alpha value is -1.84. The Morgan fingerprint density at radius 2 is 2.00 bits per heavy atom. The lowest BCUT2D eigenvalue weighted by Crippen LogP contribution is -2.39. The summed E-state index contributed by atoms with van der Waals surface area (Å²) in [5, 5.41) is 9.09. The Labute approximate surface area is 131 Å². The summed E-state index contributed by atoms with van der Waals surface area (Å²) in [7, 11) is 0. The molecule has 0 unspecified atom stereocenters. The number of carboxylic acids is 1. The van der Waals surface area contributed by atoms with Crippen LogP contribution in [0, 0.1) is 5.92 Å². The van der Waals surface area contributed by atoms with Crippen molar-refractivity contribution in [1.82, 2.24) is 4.90 Å². The minimum Gasteiger partial charge on any atom is -0.481 e. The van der Waals surface area contributed by atoms with E-state index in [1.54, 1.807) is 6.92 Å². The van der Waals surface area contributed by atoms with Crippen LogP contribution in [0.5, 0.6) is 0 Å². The minimum atomic E-state index is -0.829. The van der Waals surface area contributed by atoms with E-state index in [1.807, 2.05) is 17.0 Å². The Bertz CT molecular complexity index is 579. The quantitative estimate of drug-likeness (QED) is 0.879. The Kier molecular flexibility index (Phi) is 4.19. The number of benzene rings is 1. The molecule has 4 heteroatoms. The number of nitrogens with zero attached hydrogens (tertiary/aromatic N) is 1. The predicted molar refractivity (Wildman–Crippen MR) is 83.7 cm³/mol. The molecule has 1 aromatic carbocycles. The molecule has 1 amide bonds. The van der Waals surface area contributed by atoms with E-state index in [-0.39, 0.29) is 11.9 Å². The lowest BCUT2D eigenvalue weighted by molar-refractivity contribution is -0.143. The summed E-state index contributed by atoms with van der Waals surface area (Å²) in [5.74, 6) is -0.910. The number of carbonyl (C=O) groups is 2. The molecule has 1 saturated carbocycles. The van der Waals surface area contributed by atoms with Crippen LogP contribution in [0.15, 0.2) is 24.3 Å². The second-order valence-electron chi connectivity index (χ2n) is 6.66. The number of rotatable bonds is 6. The molecule has 22 heavy (non-hydrogen) atoms. The van der Waals surface area contributed by atoms with Crippen LogP contribution < -0.4 is 0 Å². The van der Waals surface area contributed by atoms with E-state index in [0.717, 1.165) is 25.7 Å². The van der Waals surface area contributed by atoms with Crippen molar-refractivity contribution >= 4 is 11.9 Å². The first-order valence-electron chi connectivity index (χ1n) is 8.16. The van der Waals surface area contributed by atoms with Gasteiger partial charge in [-0.25, -0.2) is 0 Å². The van der Waals surface area contributed by atoms with Crippen molar-refractivity contribution in [2.45, 2.75) is 51.0 Å². The van der Waals surface area contributed by atoms with Crippen LogP contribution in [0.3, 0.4) is 0 Å². The molecule has 0 aliphatic heterocycles. The van der Waals surface area contributed by atoms with Crippen LogP contribution in [0.25, 0.3) is 0 Å². The molecule has 1 fully saturated rings. The van der Waals surface area contributed by atoms with Gasteiger partial charge in [-0.3, -0.25) is 9.59 Å². The Balaban J connectivity index is 1.66. The van der Waals surface area contributed by atoms with Crippen molar-refractivity contribution in [1.29, 1.82) is 0 Å². The number of amides is 1. The average molecular weight is 301 g/mol. The molecule has 0 aromatic heterocycles. The number of aliphatic carboxylic acids is 1. The van der Waals surface area contributed by atoms with Gasteiger partial charge in [-0.05, 0) is 42.7 Å². The summed E-state index contributed by atoms with van der Waals surface area (Å²) in [6, 6.07) is 8.62. The fraction of sp³-hybridized carbons (Fsp3) is 0.556. The summed E-state index contributed by atoms with van der Waals surface area (Å²) in [6.45, 7) is 2.02. The molecule has 4 nitrogen and oxygen atoms in total. The molecule has 0 spiro atoms. The Morgan fingerprint density at radius 3 is 2.68 bits per heavy atom. The fourth-order valence-corrected chi connectivity index (χ4v) is 3.40. The highest BCUT2D eigenvalue weighted by atomic mass is 16.4. The monoisotopic (exact) mass is 301 g/mol. The number of aryl methyl sites for hydroxylation is 1. The molecule has 3 rings (SSSR count). The maximum Gasteiger partial charge on any atom is 0.308 e. The number of hydrogen-bond acceptors (Lipinski definition) is 2. The van der Waals surface area contributed by atoms with Gasteiger partial charge >= 0.3 is 5.97 Å². The third kappa shape index (κ3) is 3.16. The lowest BCUT2D eigenvalue weighted by atomic mass is 9.97.